The van der Waals surface area contributed by atoms with Crippen LogP contribution in [0.1, 0.15) is 59.3 Å². The van der Waals surface area contributed by atoms with Gasteiger partial charge in [0.25, 0.3) is 0 Å². The van der Waals surface area contributed by atoms with Crippen LogP contribution in [0.2, 0.25) is 0 Å². The van der Waals surface area contributed by atoms with Gasteiger partial charge in [-0.3, -0.25) is 0 Å². The molecule has 0 saturated heterocycles. The van der Waals surface area contributed by atoms with Gasteiger partial charge in [0.05, 0.1) is 0 Å². The van der Waals surface area contributed by atoms with Gasteiger partial charge < -0.3 is 11.1 Å². The first-order valence-electron chi connectivity index (χ1n) is 7.04. The molecule has 1 rings (SSSR count). The first-order valence-corrected chi connectivity index (χ1v) is 7.04. The fraction of sp³-hybridized carbons (Fsp3) is 1.00. The Kier molecular flexibility index (Phi) is 5.77. The van der Waals surface area contributed by atoms with Gasteiger partial charge in [0.2, 0.25) is 0 Å². The molecule has 0 amide bonds. The third-order valence-corrected chi connectivity index (χ3v) is 4.06. The molecule has 1 saturated carbocycles. The zero-order chi connectivity index (χ0) is 12.0. The van der Waals surface area contributed by atoms with Gasteiger partial charge in [-0.1, -0.05) is 20.3 Å². The summed E-state index contributed by atoms with van der Waals surface area (Å²) in [6.45, 7) is 9.18. The Morgan fingerprint density at radius 3 is 2.44 bits per heavy atom. The third kappa shape index (κ3) is 5.31. The maximum atomic E-state index is 5.75. The zero-order valence-corrected chi connectivity index (χ0v) is 11.4. The molecule has 1 aliphatic carbocycles. The van der Waals surface area contributed by atoms with Crippen molar-refractivity contribution < 1.29 is 0 Å². The number of nitrogens with one attached hydrogen (secondary N) is 1. The largest absolute Gasteiger partial charge is 0.328 e. The lowest BCUT2D eigenvalue weighted by molar-refractivity contribution is 0.395. The summed E-state index contributed by atoms with van der Waals surface area (Å²) in [6, 6.07) is 0.370. The van der Waals surface area contributed by atoms with Gasteiger partial charge in [0.1, 0.15) is 0 Å². The summed E-state index contributed by atoms with van der Waals surface area (Å²) in [4.78, 5) is 0. The van der Waals surface area contributed by atoms with E-state index in [0.29, 0.717) is 11.5 Å². The van der Waals surface area contributed by atoms with Crippen LogP contribution in [0.5, 0.6) is 0 Å². The second-order valence-electron chi connectivity index (χ2n) is 6.00. The van der Waals surface area contributed by atoms with Crippen molar-refractivity contribution in [2.75, 3.05) is 13.1 Å². The average molecular weight is 226 g/mol. The van der Waals surface area contributed by atoms with E-state index in [1.54, 1.807) is 0 Å². The summed E-state index contributed by atoms with van der Waals surface area (Å²) < 4.78 is 0. The Balaban J connectivity index is 1.96. The summed E-state index contributed by atoms with van der Waals surface area (Å²) in [7, 11) is 0. The predicted molar refractivity (Wildman–Crippen MR) is 71.5 cm³/mol. The Bertz CT molecular complexity index is 185. The standard InChI is InChI=1S/C14H30N2/c1-4-14(8-9-14)11-16-10-12(2)6-5-7-13(3)15/h12-13,16H,4-11,15H2,1-3H3. The highest BCUT2D eigenvalue weighted by atomic mass is 14.9. The molecule has 3 N–H and O–H groups in total. The van der Waals surface area contributed by atoms with E-state index in [1.807, 2.05) is 0 Å². The van der Waals surface area contributed by atoms with Crippen molar-refractivity contribution in [1.82, 2.24) is 5.32 Å². The molecule has 2 nitrogen and oxygen atoms in total. The van der Waals surface area contributed by atoms with Crippen molar-refractivity contribution in [1.29, 1.82) is 0 Å². The minimum absolute atomic E-state index is 0.370. The molecule has 2 atom stereocenters. The summed E-state index contributed by atoms with van der Waals surface area (Å²) in [5.74, 6) is 0.798. The normalized spacial score (nSPS) is 21.8. The van der Waals surface area contributed by atoms with Crippen molar-refractivity contribution in [2.24, 2.45) is 17.1 Å². The van der Waals surface area contributed by atoms with Gasteiger partial charge in [-0.2, -0.15) is 0 Å². The van der Waals surface area contributed by atoms with Crippen LogP contribution in [0.4, 0.5) is 0 Å². The van der Waals surface area contributed by atoms with Gasteiger partial charge in [0.15, 0.2) is 0 Å². The number of hydrogen-bond donors (Lipinski definition) is 2. The Hall–Kier alpha value is -0.0800. The molecule has 0 radical (unpaired) electrons. The molecule has 0 aliphatic heterocycles. The van der Waals surface area contributed by atoms with Gasteiger partial charge in [-0.05, 0) is 56.9 Å². The lowest BCUT2D eigenvalue weighted by Gasteiger charge is -2.17. The second-order valence-corrected chi connectivity index (χ2v) is 6.00. The van der Waals surface area contributed by atoms with Crippen molar-refractivity contribution in [2.45, 2.75) is 65.3 Å². The highest BCUT2D eigenvalue weighted by Crippen LogP contribution is 2.47. The van der Waals surface area contributed by atoms with E-state index in [9.17, 15) is 0 Å². The first-order chi connectivity index (χ1) is 7.58. The topological polar surface area (TPSA) is 38.0 Å². The van der Waals surface area contributed by atoms with E-state index in [0.717, 1.165) is 5.92 Å². The first kappa shape index (κ1) is 14.0. The Morgan fingerprint density at radius 1 is 1.25 bits per heavy atom. The summed E-state index contributed by atoms with van der Waals surface area (Å²) >= 11 is 0. The quantitative estimate of drug-likeness (QED) is 0.634. The monoisotopic (exact) mass is 226 g/mol. The van der Waals surface area contributed by atoms with E-state index in [1.165, 1.54) is 51.6 Å². The van der Waals surface area contributed by atoms with Crippen LogP contribution in [0.3, 0.4) is 0 Å². The van der Waals surface area contributed by atoms with Crippen LogP contribution in [0.15, 0.2) is 0 Å². The van der Waals surface area contributed by atoms with Gasteiger partial charge in [-0.15, -0.1) is 0 Å². The maximum absolute atomic E-state index is 5.75. The Morgan fingerprint density at radius 2 is 1.94 bits per heavy atom. The SMILES string of the molecule is CCC1(CNCC(C)CCCC(C)N)CC1. The Labute approximate surface area is 101 Å². The molecule has 2 heteroatoms. The fourth-order valence-electron chi connectivity index (χ4n) is 2.31. The van der Waals surface area contributed by atoms with Gasteiger partial charge in [-0.25, -0.2) is 0 Å². The van der Waals surface area contributed by atoms with Crippen LogP contribution < -0.4 is 11.1 Å². The number of nitrogens with two attached hydrogens (primary N) is 1. The molecule has 96 valence electrons. The van der Waals surface area contributed by atoms with Crippen LogP contribution in [0.25, 0.3) is 0 Å². The molecule has 2 unspecified atom stereocenters. The molecule has 0 spiro atoms. The molecule has 1 fully saturated rings. The summed E-state index contributed by atoms with van der Waals surface area (Å²) in [5, 5.41) is 3.65. The van der Waals surface area contributed by atoms with Gasteiger partial charge in [0, 0.05) is 12.6 Å². The van der Waals surface area contributed by atoms with Crippen molar-refractivity contribution >= 4 is 0 Å². The predicted octanol–water partition coefficient (Wildman–Crippen LogP) is 2.92. The average Bonchev–Trinajstić information content (AvgIpc) is 2.98. The summed E-state index contributed by atoms with van der Waals surface area (Å²) in [6.07, 6.45) is 7.99. The minimum Gasteiger partial charge on any atom is -0.328 e. The lowest BCUT2D eigenvalue weighted by atomic mass is 10.0. The van der Waals surface area contributed by atoms with E-state index in [-0.39, 0.29) is 0 Å². The third-order valence-electron chi connectivity index (χ3n) is 4.06. The smallest absolute Gasteiger partial charge is 0.00104 e. The zero-order valence-electron chi connectivity index (χ0n) is 11.4. The molecule has 0 aromatic carbocycles. The number of rotatable bonds is 9. The summed E-state index contributed by atoms with van der Waals surface area (Å²) in [5.41, 5.74) is 6.43. The molecule has 16 heavy (non-hydrogen) atoms. The molecule has 0 aromatic heterocycles. The minimum atomic E-state index is 0.370. The fourth-order valence-corrected chi connectivity index (χ4v) is 2.31. The van der Waals surface area contributed by atoms with Crippen molar-refractivity contribution in [3.63, 3.8) is 0 Å². The van der Waals surface area contributed by atoms with Crippen LogP contribution in [-0.2, 0) is 0 Å². The highest BCUT2D eigenvalue weighted by Gasteiger charge is 2.39. The van der Waals surface area contributed by atoms with E-state index in [4.69, 9.17) is 5.73 Å². The number of hydrogen-bond acceptors (Lipinski definition) is 2. The molecule has 0 bridgehead atoms. The lowest BCUT2D eigenvalue weighted by Crippen LogP contribution is -2.28. The van der Waals surface area contributed by atoms with Crippen molar-refractivity contribution in [3.05, 3.63) is 0 Å². The molecular weight excluding hydrogens is 196 g/mol. The molecule has 0 heterocycles. The molecular formula is C14H30N2. The molecule has 1 aliphatic rings. The van der Waals surface area contributed by atoms with E-state index < -0.39 is 0 Å². The van der Waals surface area contributed by atoms with Crippen LogP contribution >= 0.6 is 0 Å². The molecule has 0 aromatic rings. The van der Waals surface area contributed by atoms with Crippen LogP contribution in [0, 0.1) is 11.3 Å². The van der Waals surface area contributed by atoms with E-state index in [2.05, 4.69) is 26.1 Å². The van der Waals surface area contributed by atoms with E-state index >= 15 is 0 Å². The van der Waals surface area contributed by atoms with Crippen LogP contribution in [-0.4, -0.2) is 19.1 Å². The highest BCUT2D eigenvalue weighted by molar-refractivity contribution is 4.93. The maximum Gasteiger partial charge on any atom is 0.00104 e. The van der Waals surface area contributed by atoms with Crippen molar-refractivity contribution in [3.8, 4) is 0 Å². The second kappa shape index (κ2) is 6.61. The van der Waals surface area contributed by atoms with Gasteiger partial charge >= 0.3 is 0 Å².